The third kappa shape index (κ3) is 5.73. The first-order chi connectivity index (χ1) is 23.1. The van der Waals surface area contributed by atoms with Gasteiger partial charge in [0.1, 0.15) is 17.3 Å². The van der Waals surface area contributed by atoms with E-state index in [4.69, 9.17) is 31.3 Å². The Hall–Kier alpha value is -4.32. The van der Waals surface area contributed by atoms with Crippen molar-refractivity contribution in [1.29, 1.82) is 0 Å². The van der Waals surface area contributed by atoms with Gasteiger partial charge in [0.2, 0.25) is 0 Å². The summed E-state index contributed by atoms with van der Waals surface area (Å²) in [5.74, 6) is 0.653. The first-order valence-electron chi connectivity index (χ1n) is 15.8. The summed E-state index contributed by atoms with van der Waals surface area (Å²) in [4.78, 5) is 14.3. The lowest BCUT2D eigenvalue weighted by Crippen LogP contribution is -2.14. The van der Waals surface area contributed by atoms with Crippen molar-refractivity contribution in [3.8, 4) is 16.9 Å². The lowest BCUT2D eigenvalue weighted by molar-refractivity contribution is 0.0587. The van der Waals surface area contributed by atoms with Gasteiger partial charge in [-0.25, -0.2) is 9.18 Å². The summed E-state index contributed by atoms with van der Waals surface area (Å²) in [7, 11) is 5.27. The van der Waals surface area contributed by atoms with Gasteiger partial charge in [0.15, 0.2) is 0 Å². The third-order valence-corrected chi connectivity index (χ3v) is 10.4. The van der Waals surface area contributed by atoms with Crippen molar-refractivity contribution in [2.45, 2.75) is 50.6 Å². The number of esters is 1. The number of hydrogen-bond acceptors (Lipinski definition) is 7. The summed E-state index contributed by atoms with van der Waals surface area (Å²) >= 11 is 8.67. The number of halogens is 2. The Kier molecular flexibility index (Phi) is 8.69. The minimum Gasteiger partial charge on any atom is -0.493 e. The maximum absolute atomic E-state index is 14.3. The summed E-state index contributed by atoms with van der Waals surface area (Å²) in [5, 5.41) is 16.2. The summed E-state index contributed by atoms with van der Waals surface area (Å²) < 4.78 is 31.8. The molecule has 1 aliphatic rings. The van der Waals surface area contributed by atoms with Gasteiger partial charge in [-0.1, -0.05) is 11.6 Å². The number of aromatic nitrogens is 5. The lowest BCUT2D eigenvalue weighted by Gasteiger charge is -2.14. The zero-order valence-electron chi connectivity index (χ0n) is 27.5. The lowest BCUT2D eigenvalue weighted by atomic mass is 9.96. The Bertz CT molecular complexity index is 2220. The summed E-state index contributed by atoms with van der Waals surface area (Å²) in [5.41, 5.74) is 7.71. The predicted octanol–water partition coefficient (Wildman–Crippen LogP) is 7.49. The van der Waals surface area contributed by atoms with Crippen molar-refractivity contribution in [2.75, 3.05) is 13.7 Å². The normalized spacial score (nSPS) is 14.1. The van der Waals surface area contributed by atoms with Gasteiger partial charge in [-0.15, -0.1) is 11.8 Å². The number of thioether (sulfide) groups is 1. The highest BCUT2D eigenvalue weighted by Gasteiger charge is 2.27. The van der Waals surface area contributed by atoms with Crippen LogP contribution < -0.4 is 10.1 Å². The molecule has 9 nitrogen and oxygen atoms in total. The van der Waals surface area contributed by atoms with Crippen LogP contribution in [0.4, 0.5) is 4.39 Å². The molecule has 0 amide bonds. The van der Waals surface area contributed by atoms with Crippen LogP contribution in [0.15, 0.2) is 53.4 Å². The fraction of sp³-hybridized carbons (Fsp3) is 0.306. The van der Waals surface area contributed by atoms with Crippen LogP contribution in [0.1, 0.15) is 45.2 Å². The van der Waals surface area contributed by atoms with Crippen LogP contribution in [-0.2, 0) is 44.2 Å². The second kappa shape index (κ2) is 12.9. The second-order valence-corrected chi connectivity index (χ2v) is 13.6. The predicted molar refractivity (Wildman–Crippen MR) is 187 cm³/mol. The SMILES string of the molecule is COC(=O)c1c(C)c2c3c(Cl)ccc2n1CCCOc1cc(cc2cc(F)ccc12)SCc1cc(nn1C)CNCc1nn(C)c(C)c1-3. The van der Waals surface area contributed by atoms with E-state index in [1.807, 2.05) is 66.1 Å². The Labute approximate surface area is 287 Å². The molecule has 8 bridgehead atoms. The van der Waals surface area contributed by atoms with Crippen molar-refractivity contribution >= 4 is 51.0 Å². The molecule has 248 valence electrons. The largest absolute Gasteiger partial charge is 0.493 e. The number of ether oxygens (including phenoxy) is 2. The van der Waals surface area contributed by atoms with E-state index >= 15 is 0 Å². The summed E-state index contributed by atoms with van der Waals surface area (Å²) in [6.07, 6.45) is 0.601. The molecule has 6 aromatic rings. The maximum Gasteiger partial charge on any atom is 0.354 e. The molecule has 0 spiro atoms. The molecule has 3 aromatic carbocycles. The molecule has 4 heterocycles. The molecule has 1 N–H and O–H groups in total. The van der Waals surface area contributed by atoms with Crippen LogP contribution in [-0.4, -0.2) is 43.8 Å². The molecule has 0 saturated carbocycles. The molecule has 0 atom stereocenters. The smallest absolute Gasteiger partial charge is 0.354 e. The number of fused-ring (bicyclic) bond motifs is 8. The fourth-order valence-corrected chi connectivity index (χ4v) is 7.96. The van der Waals surface area contributed by atoms with E-state index in [9.17, 15) is 9.18 Å². The Morgan fingerprint density at radius 1 is 1.04 bits per heavy atom. The number of aryl methyl sites for hydroxylation is 4. The standard InChI is InChI=1S/C36H36ClFN6O3S/c1-20-32-30-10-9-28(37)34(32)33-21(2)42(3)41-29(33)18-39-17-24-15-25(43(4)40-24)19-48-26-14-22-13-23(38)7-8-27(22)31(16-26)47-12-6-11-44(30)35(20)36(45)46-5/h7-10,13-16,39H,6,11-12,17-19H2,1-5H3. The van der Waals surface area contributed by atoms with Gasteiger partial charge in [-0.2, -0.15) is 10.2 Å². The highest BCUT2D eigenvalue weighted by molar-refractivity contribution is 7.98. The van der Waals surface area contributed by atoms with Gasteiger partial charge in [-0.05, 0) is 79.7 Å². The van der Waals surface area contributed by atoms with Crippen molar-refractivity contribution in [1.82, 2.24) is 29.4 Å². The van der Waals surface area contributed by atoms with E-state index in [0.717, 1.165) is 66.0 Å². The quantitative estimate of drug-likeness (QED) is 0.179. The average Bonchev–Trinajstić information content (AvgIpc) is 3.66. The molecule has 0 radical (unpaired) electrons. The minimum atomic E-state index is -0.418. The third-order valence-electron chi connectivity index (χ3n) is 9.11. The van der Waals surface area contributed by atoms with Crippen LogP contribution in [0.3, 0.4) is 0 Å². The maximum atomic E-state index is 14.3. The molecule has 1 aliphatic heterocycles. The highest BCUT2D eigenvalue weighted by Crippen LogP contribution is 2.42. The summed E-state index contributed by atoms with van der Waals surface area (Å²) in [6, 6.07) is 14.7. The van der Waals surface area contributed by atoms with Crippen LogP contribution in [0.25, 0.3) is 32.8 Å². The molecule has 48 heavy (non-hydrogen) atoms. The highest BCUT2D eigenvalue weighted by atomic mass is 35.5. The molecule has 12 heteroatoms. The number of carbonyl (C=O) groups is 1. The van der Waals surface area contributed by atoms with Gasteiger partial charge in [0, 0.05) is 88.2 Å². The molecular weight excluding hydrogens is 651 g/mol. The molecule has 0 aliphatic carbocycles. The van der Waals surface area contributed by atoms with Gasteiger partial charge in [-0.3, -0.25) is 9.36 Å². The average molecular weight is 687 g/mol. The first-order valence-corrected chi connectivity index (χ1v) is 17.1. The monoisotopic (exact) mass is 686 g/mol. The van der Waals surface area contributed by atoms with Gasteiger partial charge in [0.25, 0.3) is 0 Å². The minimum absolute atomic E-state index is 0.297. The van der Waals surface area contributed by atoms with Crippen molar-refractivity contribution in [2.24, 2.45) is 14.1 Å². The van der Waals surface area contributed by atoms with E-state index in [1.54, 1.807) is 17.8 Å². The Balaban J connectivity index is 1.37. The topological polar surface area (TPSA) is 88.1 Å². The van der Waals surface area contributed by atoms with Gasteiger partial charge < -0.3 is 19.4 Å². The van der Waals surface area contributed by atoms with Gasteiger partial charge in [0.05, 0.1) is 25.1 Å². The molecule has 0 saturated heterocycles. The first kappa shape index (κ1) is 32.2. The van der Waals surface area contributed by atoms with Crippen molar-refractivity contribution in [3.63, 3.8) is 0 Å². The zero-order chi connectivity index (χ0) is 33.7. The van der Waals surface area contributed by atoms with E-state index in [2.05, 4.69) is 11.4 Å². The molecule has 3 aromatic heterocycles. The van der Waals surface area contributed by atoms with Crippen LogP contribution in [0.2, 0.25) is 5.02 Å². The Morgan fingerprint density at radius 2 is 1.88 bits per heavy atom. The van der Waals surface area contributed by atoms with E-state index in [-0.39, 0.29) is 5.82 Å². The van der Waals surface area contributed by atoms with E-state index in [1.165, 1.54) is 19.2 Å². The van der Waals surface area contributed by atoms with Crippen LogP contribution >= 0.6 is 23.4 Å². The van der Waals surface area contributed by atoms with E-state index in [0.29, 0.717) is 54.9 Å². The van der Waals surface area contributed by atoms with Crippen LogP contribution in [0.5, 0.6) is 5.75 Å². The van der Waals surface area contributed by atoms with E-state index < -0.39 is 5.97 Å². The molecular formula is C36H36ClFN6O3S. The van der Waals surface area contributed by atoms with Crippen LogP contribution in [0, 0.1) is 19.7 Å². The molecule has 0 fully saturated rings. The number of benzene rings is 3. The van der Waals surface area contributed by atoms with Crippen molar-refractivity contribution < 1.29 is 18.7 Å². The summed E-state index contributed by atoms with van der Waals surface area (Å²) in [6.45, 7) is 5.88. The zero-order valence-corrected chi connectivity index (χ0v) is 29.1. The van der Waals surface area contributed by atoms with Gasteiger partial charge >= 0.3 is 5.97 Å². The number of rotatable bonds is 1. The number of methoxy groups -OCH3 is 1. The number of hydrogen-bond donors (Lipinski definition) is 1. The molecule has 0 unspecified atom stereocenters. The fourth-order valence-electron chi connectivity index (χ4n) is 6.72. The number of carbonyl (C=O) groups excluding carboxylic acids is 1. The Morgan fingerprint density at radius 3 is 2.69 bits per heavy atom. The van der Waals surface area contributed by atoms with Crippen molar-refractivity contribution in [3.05, 3.63) is 93.4 Å². The number of nitrogens with one attached hydrogen (secondary N) is 1. The number of nitrogens with zero attached hydrogens (tertiary/aromatic N) is 5. The molecule has 7 rings (SSSR count). The second-order valence-electron chi connectivity index (χ2n) is 12.1.